The van der Waals surface area contributed by atoms with Crippen molar-refractivity contribution in [2.24, 2.45) is 5.92 Å². The first-order valence-corrected chi connectivity index (χ1v) is 12.2. The Bertz CT molecular complexity index is 1320. The number of rotatable bonds is 8. The average Bonchev–Trinajstić information content (AvgIpc) is 2.89. The molecule has 1 fully saturated rings. The van der Waals surface area contributed by atoms with Crippen molar-refractivity contribution in [3.63, 3.8) is 0 Å². The fourth-order valence-corrected chi connectivity index (χ4v) is 4.55. The highest BCUT2D eigenvalue weighted by molar-refractivity contribution is 5.96. The van der Waals surface area contributed by atoms with Gasteiger partial charge in [0.2, 0.25) is 0 Å². The Balaban J connectivity index is 1.38. The van der Waals surface area contributed by atoms with Crippen molar-refractivity contribution in [3.05, 3.63) is 70.8 Å². The molecule has 0 saturated carbocycles. The van der Waals surface area contributed by atoms with E-state index in [1.54, 1.807) is 19.1 Å². The van der Waals surface area contributed by atoms with Crippen LogP contribution in [-0.4, -0.2) is 56.8 Å². The highest BCUT2D eigenvalue weighted by atomic mass is 19.1. The number of hydrogen-bond donors (Lipinski definition) is 4. The number of carboxylic acid groups (broad SMARTS) is 1. The van der Waals surface area contributed by atoms with Crippen molar-refractivity contribution >= 4 is 17.6 Å². The first-order chi connectivity index (χ1) is 18.2. The average molecular weight is 527 g/mol. The van der Waals surface area contributed by atoms with Crippen LogP contribution >= 0.6 is 0 Å². The van der Waals surface area contributed by atoms with Gasteiger partial charge in [0.25, 0.3) is 5.91 Å². The second kappa shape index (κ2) is 11.5. The van der Waals surface area contributed by atoms with E-state index in [-0.39, 0.29) is 28.6 Å². The van der Waals surface area contributed by atoms with Crippen LogP contribution in [0.3, 0.4) is 0 Å². The third kappa shape index (κ3) is 6.05. The van der Waals surface area contributed by atoms with Gasteiger partial charge in [-0.05, 0) is 61.1 Å². The van der Waals surface area contributed by atoms with E-state index in [9.17, 15) is 23.5 Å². The molecule has 0 bridgehead atoms. The van der Waals surface area contributed by atoms with Gasteiger partial charge in [-0.1, -0.05) is 12.1 Å². The molecular formula is C27H28F2N4O5. The fourth-order valence-electron chi connectivity index (χ4n) is 4.55. The summed E-state index contributed by atoms with van der Waals surface area (Å²) in [6.07, 6.45) is 2.18. The van der Waals surface area contributed by atoms with E-state index in [4.69, 9.17) is 10.2 Å². The van der Waals surface area contributed by atoms with Crippen molar-refractivity contribution < 1.29 is 33.7 Å². The van der Waals surface area contributed by atoms with Gasteiger partial charge in [-0.25, -0.2) is 18.7 Å². The van der Waals surface area contributed by atoms with Gasteiger partial charge in [0.15, 0.2) is 11.4 Å². The lowest BCUT2D eigenvalue weighted by atomic mass is 9.92. The summed E-state index contributed by atoms with van der Waals surface area (Å²) in [7, 11) is 0. The molecule has 9 nitrogen and oxygen atoms in total. The molecule has 2 aromatic carbocycles. The monoisotopic (exact) mass is 526 g/mol. The van der Waals surface area contributed by atoms with Gasteiger partial charge < -0.3 is 25.5 Å². The first-order valence-electron chi connectivity index (χ1n) is 12.2. The summed E-state index contributed by atoms with van der Waals surface area (Å²) in [6, 6.07) is 9.84. The minimum Gasteiger partial charge on any atom is -0.504 e. The number of carbonyl (C=O) groups excluding carboxylic acids is 1. The number of aryl methyl sites for hydroxylation is 1. The molecule has 11 heteroatoms. The molecule has 0 atom stereocenters. The lowest BCUT2D eigenvalue weighted by Gasteiger charge is -2.33. The summed E-state index contributed by atoms with van der Waals surface area (Å²) >= 11 is 0. The van der Waals surface area contributed by atoms with E-state index < -0.39 is 36.7 Å². The fraction of sp³-hybridized carbons (Fsp3) is 0.333. The highest BCUT2D eigenvalue weighted by Crippen LogP contribution is 2.30. The molecule has 1 aliphatic heterocycles. The lowest BCUT2D eigenvalue weighted by molar-refractivity contribution is -0.135. The van der Waals surface area contributed by atoms with Crippen molar-refractivity contribution in [2.45, 2.75) is 32.8 Å². The maximum Gasteiger partial charge on any atom is 0.322 e. The summed E-state index contributed by atoms with van der Waals surface area (Å²) in [5, 5.41) is 30.2. The number of aliphatic hydroxyl groups excluding tert-OH is 1. The molecular weight excluding hydrogens is 498 g/mol. The van der Waals surface area contributed by atoms with Gasteiger partial charge in [-0.2, -0.15) is 0 Å². The Labute approximate surface area is 217 Å². The van der Waals surface area contributed by atoms with Crippen LogP contribution in [0.1, 0.15) is 40.4 Å². The van der Waals surface area contributed by atoms with Gasteiger partial charge in [0.05, 0.1) is 12.3 Å². The number of halogens is 2. The van der Waals surface area contributed by atoms with Crippen LogP contribution in [0.5, 0.6) is 5.75 Å². The second-order valence-corrected chi connectivity index (χ2v) is 9.26. The Morgan fingerprint density at radius 1 is 1.05 bits per heavy atom. The molecule has 0 aliphatic carbocycles. The number of carboxylic acids is 1. The smallest absolute Gasteiger partial charge is 0.322 e. The summed E-state index contributed by atoms with van der Waals surface area (Å²) in [6.45, 7) is 1.81. The van der Waals surface area contributed by atoms with Crippen LogP contribution in [0.4, 0.5) is 14.5 Å². The number of hydrogen-bond acceptors (Lipinski definition) is 7. The van der Waals surface area contributed by atoms with Crippen molar-refractivity contribution in [3.8, 4) is 16.9 Å². The maximum atomic E-state index is 14.1. The van der Waals surface area contributed by atoms with E-state index in [0.717, 1.165) is 31.6 Å². The van der Waals surface area contributed by atoms with E-state index in [1.807, 2.05) is 12.1 Å². The van der Waals surface area contributed by atoms with Gasteiger partial charge >= 0.3 is 5.97 Å². The molecule has 4 rings (SSSR count). The number of anilines is 1. The molecule has 0 radical (unpaired) electrons. The number of aliphatic hydroxyl groups is 1. The third-order valence-corrected chi connectivity index (χ3v) is 6.67. The van der Waals surface area contributed by atoms with E-state index >= 15 is 0 Å². The molecule has 0 spiro atoms. The number of aromatic nitrogens is 2. The lowest BCUT2D eigenvalue weighted by Crippen LogP contribution is -2.34. The van der Waals surface area contributed by atoms with E-state index in [2.05, 4.69) is 20.2 Å². The van der Waals surface area contributed by atoms with Crippen LogP contribution in [0.2, 0.25) is 0 Å². The molecule has 1 saturated heterocycles. The van der Waals surface area contributed by atoms with Crippen LogP contribution in [-0.2, 0) is 17.8 Å². The van der Waals surface area contributed by atoms with Gasteiger partial charge in [-0.15, -0.1) is 0 Å². The number of nitrogens with one attached hydrogen (secondary N) is 1. The Hall–Kier alpha value is -4.12. The molecule has 38 heavy (non-hydrogen) atoms. The zero-order valence-corrected chi connectivity index (χ0v) is 20.7. The quantitative estimate of drug-likeness (QED) is 0.351. The highest BCUT2D eigenvalue weighted by Gasteiger charge is 2.24. The van der Waals surface area contributed by atoms with Crippen LogP contribution in [0.15, 0.2) is 36.4 Å². The number of carbonyl (C=O) groups is 2. The number of piperidine rings is 1. The number of nitrogens with zero attached hydrogens (tertiary/aromatic N) is 3. The largest absolute Gasteiger partial charge is 0.504 e. The first kappa shape index (κ1) is 26.9. The molecule has 0 unspecified atom stereocenters. The van der Waals surface area contributed by atoms with E-state index in [0.29, 0.717) is 23.4 Å². The molecule has 1 amide bonds. The Kier molecular flexibility index (Phi) is 8.16. The van der Waals surface area contributed by atoms with Crippen LogP contribution in [0.25, 0.3) is 11.1 Å². The number of aliphatic carboxylic acids is 1. The number of amides is 1. The summed E-state index contributed by atoms with van der Waals surface area (Å²) in [5.74, 6) is -3.25. The zero-order chi connectivity index (χ0) is 27.4. The second-order valence-electron chi connectivity index (χ2n) is 9.26. The molecule has 200 valence electrons. The number of benzene rings is 2. The van der Waals surface area contributed by atoms with Crippen LogP contribution < -0.4 is 10.2 Å². The molecule has 2 heterocycles. The Morgan fingerprint density at radius 3 is 2.26 bits per heavy atom. The van der Waals surface area contributed by atoms with Gasteiger partial charge in [0.1, 0.15) is 24.0 Å². The summed E-state index contributed by atoms with van der Waals surface area (Å²) in [4.78, 5) is 33.7. The molecule has 3 aromatic rings. The minimum absolute atomic E-state index is 0.239. The standard InChI is InChI=1S/C27H28F2N4O5/c1-15-26(37)25(27(38)30-13-24(35)36)32-23(31-15)10-16-6-8-33(9-7-16)19-4-2-17(3-5-19)18-11-21(28)20(14-34)22(29)12-18/h2-5,11-12,16,34,37H,6-10,13-14H2,1H3,(H,30,38)(H,35,36). The summed E-state index contributed by atoms with van der Waals surface area (Å²) in [5.41, 5.74) is 1.69. The predicted octanol–water partition coefficient (Wildman–Crippen LogP) is 3.20. The van der Waals surface area contributed by atoms with Crippen molar-refractivity contribution in [1.29, 1.82) is 0 Å². The molecule has 1 aromatic heterocycles. The predicted molar refractivity (Wildman–Crippen MR) is 135 cm³/mol. The van der Waals surface area contributed by atoms with Crippen molar-refractivity contribution in [2.75, 3.05) is 24.5 Å². The van der Waals surface area contributed by atoms with Crippen LogP contribution in [0, 0.1) is 24.5 Å². The van der Waals surface area contributed by atoms with Gasteiger partial charge in [0, 0.05) is 30.8 Å². The summed E-state index contributed by atoms with van der Waals surface area (Å²) < 4.78 is 28.1. The van der Waals surface area contributed by atoms with Gasteiger partial charge in [-0.3, -0.25) is 9.59 Å². The van der Waals surface area contributed by atoms with E-state index in [1.165, 1.54) is 12.1 Å². The third-order valence-electron chi connectivity index (χ3n) is 6.67. The normalized spacial score (nSPS) is 13.9. The molecule has 4 N–H and O–H groups in total. The molecule has 1 aliphatic rings. The topological polar surface area (TPSA) is 136 Å². The number of aromatic hydroxyl groups is 1. The maximum absolute atomic E-state index is 14.1. The SMILES string of the molecule is Cc1nc(CC2CCN(c3ccc(-c4cc(F)c(CO)c(F)c4)cc3)CC2)nc(C(=O)NCC(=O)O)c1O. The zero-order valence-electron chi connectivity index (χ0n) is 20.7. The van der Waals surface area contributed by atoms with Crippen molar-refractivity contribution in [1.82, 2.24) is 15.3 Å². The Morgan fingerprint density at radius 2 is 1.68 bits per heavy atom. The minimum atomic E-state index is -1.20.